The highest BCUT2D eigenvalue weighted by molar-refractivity contribution is 4.91. The molecule has 1 saturated carbocycles. The molecule has 1 aliphatic carbocycles. The SMILES string of the molecule is [N-]=[N+]=NC1CCC2(CC1O)OCCO2. The van der Waals surface area contributed by atoms with Crippen molar-refractivity contribution < 1.29 is 14.6 Å². The number of ether oxygens (including phenoxy) is 2. The van der Waals surface area contributed by atoms with Gasteiger partial charge < -0.3 is 14.6 Å². The molecule has 2 atom stereocenters. The summed E-state index contributed by atoms with van der Waals surface area (Å²) in [6.45, 7) is 1.16. The van der Waals surface area contributed by atoms with Crippen molar-refractivity contribution in [3.8, 4) is 0 Å². The smallest absolute Gasteiger partial charge is 0.170 e. The van der Waals surface area contributed by atoms with Crippen LogP contribution in [0.3, 0.4) is 0 Å². The van der Waals surface area contributed by atoms with E-state index in [0.717, 1.165) is 0 Å². The lowest BCUT2D eigenvalue weighted by molar-refractivity contribution is -0.198. The Balaban J connectivity index is 2.01. The first-order valence-corrected chi connectivity index (χ1v) is 4.76. The van der Waals surface area contributed by atoms with E-state index >= 15 is 0 Å². The minimum Gasteiger partial charge on any atom is -0.392 e. The minimum atomic E-state index is -0.655. The number of azide groups is 1. The van der Waals surface area contributed by atoms with E-state index in [9.17, 15) is 5.11 Å². The van der Waals surface area contributed by atoms with Gasteiger partial charge >= 0.3 is 0 Å². The third-order valence-corrected chi connectivity index (χ3v) is 2.80. The van der Waals surface area contributed by atoms with Crippen LogP contribution in [0.1, 0.15) is 19.3 Å². The van der Waals surface area contributed by atoms with Crippen LogP contribution in [-0.4, -0.2) is 36.3 Å². The zero-order chi connectivity index (χ0) is 10.0. The lowest BCUT2D eigenvalue weighted by Gasteiger charge is -2.36. The number of nitrogens with zero attached hydrogens (tertiary/aromatic N) is 3. The minimum absolute atomic E-state index is 0.335. The Labute approximate surface area is 81.4 Å². The van der Waals surface area contributed by atoms with Gasteiger partial charge in [0.2, 0.25) is 0 Å². The Morgan fingerprint density at radius 3 is 2.71 bits per heavy atom. The van der Waals surface area contributed by atoms with Gasteiger partial charge in [0.05, 0.1) is 25.4 Å². The van der Waals surface area contributed by atoms with Gasteiger partial charge in [0.15, 0.2) is 5.79 Å². The summed E-state index contributed by atoms with van der Waals surface area (Å²) in [7, 11) is 0. The van der Waals surface area contributed by atoms with Gasteiger partial charge in [-0.25, -0.2) is 0 Å². The molecule has 6 heteroatoms. The molecule has 0 amide bonds. The zero-order valence-electron chi connectivity index (χ0n) is 7.80. The van der Waals surface area contributed by atoms with Crippen LogP contribution in [0.5, 0.6) is 0 Å². The lowest BCUT2D eigenvalue weighted by Crippen LogP contribution is -2.44. The Morgan fingerprint density at radius 2 is 2.14 bits per heavy atom. The first-order valence-electron chi connectivity index (χ1n) is 4.76. The summed E-state index contributed by atoms with van der Waals surface area (Å²) in [6, 6.07) is -0.335. The van der Waals surface area contributed by atoms with Gasteiger partial charge in [0.25, 0.3) is 0 Å². The topological polar surface area (TPSA) is 87.5 Å². The number of hydrogen-bond donors (Lipinski definition) is 1. The lowest BCUT2D eigenvalue weighted by atomic mass is 9.88. The molecule has 6 nitrogen and oxygen atoms in total. The predicted molar refractivity (Wildman–Crippen MR) is 47.4 cm³/mol. The van der Waals surface area contributed by atoms with E-state index in [2.05, 4.69) is 10.0 Å². The molecular formula is C8H13N3O3. The van der Waals surface area contributed by atoms with Gasteiger partial charge in [-0.2, -0.15) is 0 Å². The van der Waals surface area contributed by atoms with Gasteiger partial charge in [-0.15, -0.1) is 0 Å². The number of rotatable bonds is 1. The maximum absolute atomic E-state index is 9.70. The average molecular weight is 199 g/mol. The van der Waals surface area contributed by atoms with E-state index in [-0.39, 0.29) is 6.04 Å². The predicted octanol–water partition coefficient (Wildman–Crippen LogP) is 0.953. The van der Waals surface area contributed by atoms with Crippen molar-refractivity contribution in [2.24, 2.45) is 5.11 Å². The van der Waals surface area contributed by atoms with Crippen molar-refractivity contribution >= 4 is 0 Å². The summed E-state index contributed by atoms with van der Waals surface area (Å²) in [5, 5.41) is 13.2. The maximum atomic E-state index is 9.70. The molecule has 1 saturated heterocycles. The van der Waals surface area contributed by atoms with Crippen LogP contribution >= 0.6 is 0 Å². The highest BCUT2D eigenvalue weighted by Gasteiger charge is 2.44. The Hall–Kier alpha value is -0.810. The van der Waals surface area contributed by atoms with Gasteiger partial charge in [0.1, 0.15) is 0 Å². The van der Waals surface area contributed by atoms with Crippen LogP contribution in [-0.2, 0) is 9.47 Å². The fourth-order valence-corrected chi connectivity index (χ4v) is 2.08. The first-order chi connectivity index (χ1) is 6.76. The molecule has 2 unspecified atom stereocenters. The van der Waals surface area contributed by atoms with E-state index in [4.69, 9.17) is 15.0 Å². The molecule has 1 N–H and O–H groups in total. The molecule has 2 aliphatic rings. The molecule has 1 aliphatic heterocycles. The molecular weight excluding hydrogens is 186 g/mol. The maximum Gasteiger partial charge on any atom is 0.170 e. The average Bonchev–Trinajstić information content (AvgIpc) is 2.59. The molecule has 1 spiro atoms. The van der Waals surface area contributed by atoms with E-state index in [1.165, 1.54) is 0 Å². The summed E-state index contributed by atoms with van der Waals surface area (Å²) in [4.78, 5) is 2.71. The van der Waals surface area contributed by atoms with Gasteiger partial charge in [0, 0.05) is 17.8 Å². The van der Waals surface area contributed by atoms with E-state index in [1.807, 2.05) is 0 Å². The Kier molecular flexibility index (Phi) is 2.60. The van der Waals surface area contributed by atoms with Crippen molar-refractivity contribution in [2.45, 2.75) is 37.2 Å². The molecule has 0 aromatic rings. The van der Waals surface area contributed by atoms with E-state index in [1.54, 1.807) is 0 Å². The zero-order valence-corrected chi connectivity index (χ0v) is 7.80. The van der Waals surface area contributed by atoms with Crippen molar-refractivity contribution in [3.05, 3.63) is 10.4 Å². The van der Waals surface area contributed by atoms with Crippen molar-refractivity contribution in [1.82, 2.24) is 0 Å². The number of aliphatic hydroxyl groups excluding tert-OH is 1. The summed E-state index contributed by atoms with van der Waals surface area (Å²) in [6.07, 6.45) is 1.05. The number of aliphatic hydroxyl groups is 1. The molecule has 0 radical (unpaired) electrons. The fraction of sp³-hybridized carbons (Fsp3) is 1.00. The molecule has 0 bridgehead atoms. The van der Waals surface area contributed by atoms with Crippen molar-refractivity contribution in [2.75, 3.05) is 13.2 Å². The molecule has 78 valence electrons. The highest BCUT2D eigenvalue weighted by atomic mass is 16.7. The van der Waals surface area contributed by atoms with Crippen molar-refractivity contribution in [3.63, 3.8) is 0 Å². The van der Waals surface area contributed by atoms with Gasteiger partial charge in [-0.05, 0) is 12.0 Å². The van der Waals surface area contributed by atoms with Gasteiger partial charge in [-0.1, -0.05) is 5.11 Å². The monoisotopic (exact) mass is 199 g/mol. The Bertz CT molecular complexity index is 259. The largest absolute Gasteiger partial charge is 0.392 e. The summed E-state index contributed by atoms with van der Waals surface area (Å²) in [5.74, 6) is -0.610. The molecule has 0 aromatic heterocycles. The quantitative estimate of drug-likeness (QED) is 0.387. The second kappa shape index (κ2) is 3.74. The van der Waals surface area contributed by atoms with Crippen LogP contribution in [0, 0.1) is 0 Å². The third kappa shape index (κ3) is 1.69. The van der Waals surface area contributed by atoms with E-state index < -0.39 is 11.9 Å². The van der Waals surface area contributed by atoms with Crippen LogP contribution < -0.4 is 0 Å². The Morgan fingerprint density at radius 1 is 1.43 bits per heavy atom. The second-order valence-electron chi connectivity index (χ2n) is 3.69. The molecule has 1 heterocycles. The van der Waals surface area contributed by atoms with Crippen LogP contribution in [0.4, 0.5) is 0 Å². The summed E-state index contributed by atoms with van der Waals surface area (Å²) >= 11 is 0. The summed E-state index contributed by atoms with van der Waals surface area (Å²) < 4.78 is 10.9. The molecule has 2 fully saturated rings. The van der Waals surface area contributed by atoms with Crippen LogP contribution in [0.15, 0.2) is 5.11 Å². The molecule has 0 aromatic carbocycles. The third-order valence-electron chi connectivity index (χ3n) is 2.80. The second-order valence-corrected chi connectivity index (χ2v) is 3.69. The van der Waals surface area contributed by atoms with E-state index in [0.29, 0.717) is 32.5 Å². The van der Waals surface area contributed by atoms with Crippen LogP contribution in [0.2, 0.25) is 0 Å². The molecule has 14 heavy (non-hydrogen) atoms. The van der Waals surface area contributed by atoms with Crippen LogP contribution in [0.25, 0.3) is 10.4 Å². The van der Waals surface area contributed by atoms with Gasteiger partial charge in [-0.3, -0.25) is 0 Å². The normalized spacial score (nSPS) is 35.5. The highest BCUT2D eigenvalue weighted by Crippen LogP contribution is 2.36. The summed E-state index contributed by atoms with van der Waals surface area (Å²) in [5.41, 5.74) is 8.28. The van der Waals surface area contributed by atoms with Crippen molar-refractivity contribution in [1.29, 1.82) is 0 Å². The number of hydrogen-bond acceptors (Lipinski definition) is 4. The fourth-order valence-electron chi connectivity index (χ4n) is 2.08. The molecule has 2 rings (SSSR count). The standard InChI is InChI=1S/C8H13N3O3/c9-11-10-6-1-2-8(5-7(6)12)13-3-4-14-8/h6-7,12H,1-5H2. The first kappa shape index (κ1) is 9.73.